The van der Waals surface area contributed by atoms with Gasteiger partial charge in [0.25, 0.3) is 5.56 Å². The maximum absolute atomic E-state index is 13.3. The Bertz CT molecular complexity index is 928. The molecule has 4 heterocycles. The number of likely N-dealkylation sites (tertiary alicyclic amines) is 2. The Morgan fingerprint density at radius 3 is 2.45 bits per heavy atom. The van der Waals surface area contributed by atoms with Crippen LogP contribution < -0.4 is 10.3 Å². The summed E-state index contributed by atoms with van der Waals surface area (Å²) in [6.07, 6.45) is 3.78. The van der Waals surface area contributed by atoms with Crippen molar-refractivity contribution in [2.45, 2.75) is 37.8 Å². The van der Waals surface area contributed by atoms with Gasteiger partial charge in [-0.3, -0.25) is 9.69 Å². The van der Waals surface area contributed by atoms with E-state index in [2.05, 4.69) is 27.5 Å². The van der Waals surface area contributed by atoms with Crippen molar-refractivity contribution in [1.82, 2.24) is 14.4 Å². The first-order valence-corrected chi connectivity index (χ1v) is 10.9. The number of piperidine rings is 2. The first kappa shape index (κ1) is 18.9. The zero-order chi connectivity index (χ0) is 20.0. The highest BCUT2D eigenvalue weighted by Gasteiger charge is 2.37. The van der Waals surface area contributed by atoms with Crippen molar-refractivity contribution in [1.29, 1.82) is 0 Å². The molecule has 1 aromatic carbocycles. The number of hydrogen-bond acceptors (Lipinski definition) is 4. The Morgan fingerprint density at radius 2 is 1.72 bits per heavy atom. The topological polar surface area (TPSA) is 37.7 Å². The molecule has 1 aromatic heterocycles. The Morgan fingerprint density at radius 1 is 0.966 bits per heavy atom. The van der Waals surface area contributed by atoms with E-state index in [4.69, 9.17) is 4.74 Å². The lowest BCUT2D eigenvalue weighted by molar-refractivity contribution is 0.0517. The van der Waals surface area contributed by atoms with Crippen molar-refractivity contribution in [3.05, 3.63) is 52.4 Å². The van der Waals surface area contributed by atoms with Gasteiger partial charge in [-0.05, 0) is 75.1 Å². The third-order valence-corrected chi connectivity index (χ3v) is 7.24. The number of hydrogen-bond donors (Lipinski definition) is 0. The van der Waals surface area contributed by atoms with E-state index in [1.54, 1.807) is 7.11 Å². The maximum atomic E-state index is 13.3. The monoisotopic (exact) mass is 393 g/mol. The summed E-state index contributed by atoms with van der Waals surface area (Å²) < 4.78 is 7.33. The minimum Gasteiger partial charge on any atom is -0.497 e. The molecule has 154 valence electrons. The van der Waals surface area contributed by atoms with Gasteiger partial charge in [0.1, 0.15) is 5.75 Å². The Balaban J connectivity index is 1.41. The summed E-state index contributed by atoms with van der Waals surface area (Å²) in [6.45, 7) is 5.52. The molecule has 0 N–H and O–H groups in total. The zero-order valence-electron chi connectivity index (χ0n) is 17.5. The molecule has 2 aromatic rings. The first-order chi connectivity index (χ1) is 14.1. The van der Waals surface area contributed by atoms with Gasteiger partial charge in [0, 0.05) is 42.9 Å². The van der Waals surface area contributed by atoms with E-state index in [0.717, 1.165) is 36.5 Å². The summed E-state index contributed by atoms with van der Waals surface area (Å²) in [5, 5.41) is 0. The lowest BCUT2D eigenvalue weighted by Crippen LogP contribution is -2.53. The van der Waals surface area contributed by atoms with Crippen molar-refractivity contribution < 1.29 is 4.74 Å². The number of fused-ring (bicyclic) bond motifs is 4. The van der Waals surface area contributed by atoms with E-state index in [-0.39, 0.29) is 5.56 Å². The SMILES string of the molecule is COc1ccc(-c2ccc3n(c2=O)C[C@H]2C[C@@H]3CN(C3CCN(C)CC3)C2)cc1. The molecule has 5 nitrogen and oxygen atoms in total. The minimum atomic E-state index is 0.162. The lowest BCUT2D eigenvalue weighted by atomic mass is 9.81. The molecular weight excluding hydrogens is 362 g/mol. The van der Waals surface area contributed by atoms with Crippen LogP contribution in [0.2, 0.25) is 0 Å². The fourth-order valence-corrected chi connectivity index (χ4v) is 5.63. The highest BCUT2D eigenvalue weighted by molar-refractivity contribution is 5.63. The summed E-state index contributed by atoms with van der Waals surface area (Å²) in [5.74, 6) is 1.89. The van der Waals surface area contributed by atoms with Gasteiger partial charge in [-0.2, -0.15) is 0 Å². The number of benzene rings is 1. The molecule has 0 saturated carbocycles. The highest BCUT2D eigenvalue weighted by atomic mass is 16.5. The molecule has 3 aliphatic heterocycles. The molecule has 0 unspecified atom stereocenters. The van der Waals surface area contributed by atoms with E-state index < -0.39 is 0 Å². The quantitative estimate of drug-likeness (QED) is 0.803. The average molecular weight is 394 g/mol. The van der Waals surface area contributed by atoms with Gasteiger partial charge in [-0.1, -0.05) is 12.1 Å². The average Bonchev–Trinajstić information content (AvgIpc) is 2.75. The molecule has 0 spiro atoms. The van der Waals surface area contributed by atoms with E-state index in [0.29, 0.717) is 17.9 Å². The second-order valence-corrected chi connectivity index (χ2v) is 9.10. The van der Waals surface area contributed by atoms with Crippen LogP contribution in [-0.4, -0.2) is 60.7 Å². The third kappa shape index (κ3) is 3.51. The van der Waals surface area contributed by atoms with Crippen LogP contribution >= 0.6 is 0 Å². The molecule has 0 aliphatic carbocycles. The van der Waals surface area contributed by atoms with Gasteiger partial charge in [0.15, 0.2) is 0 Å². The summed E-state index contributed by atoms with van der Waals surface area (Å²) in [6, 6.07) is 12.8. The smallest absolute Gasteiger partial charge is 0.258 e. The second kappa shape index (κ2) is 7.62. The number of nitrogens with zero attached hydrogens (tertiary/aromatic N) is 3. The number of rotatable bonds is 3. The maximum Gasteiger partial charge on any atom is 0.258 e. The molecule has 2 atom stereocenters. The number of ether oxygens (including phenoxy) is 1. The van der Waals surface area contributed by atoms with E-state index >= 15 is 0 Å². The molecule has 0 radical (unpaired) electrons. The van der Waals surface area contributed by atoms with Crippen molar-refractivity contribution in [2.24, 2.45) is 5.92 Å². The molecule has 2 fully saturated rings. The summed E-state index contributed by atoms with van der Waals surface area (Å²) in [7, 11) is 3.89. The summed E-state index contributed by atoms with van der Waals surface area (Å²) in [5.41, 5.74) is 3.16. The first-order valence-electron chi connectivity index (χ1n) is 10.9. The minimum absolute atomic E-state index is 0.162. The molecule has 5 rings (SSSR count). The third-order valence-electron chi connectivity index (χ3n) is 7.24. The van der Waals surface area contributed by atoms with Crippen LogP contribution in [-0.2, 0) is 6.54 Å². The normalized spacial score (nSPS) is 25.6. The van der Waals surface area contributed by atoms with Gasteiger partial charge in [-0.25, -0.2) is 0 Å². The van der Waals surface area contributed by atoms with Crippen LogP contribution in [0.25, 0.3) is 11.1 Å². The number of pyridine rings is 1. The van der Waals surface area contributed by atoms with Crippen LogP contribution in [0.4, 0.5) is 0 Å². The molecule has 5 heteroatoms. The molecular formula is C24H31N3O2. The molecule has 3 aliphatic rings. The van der Waals surface area contributed by atoms with Gasteiger partial charge in [0.05, 0.1) is 7.11 Å². The fourth-order valence-electron chi connectivity index (χ4n) is 5.63. The predicted molar refractivity (Wildman–Crippen MR) is 116 cm³/mol. The van der Waals surface area contributed by atoms with Gasteiger partial charge < -0.3 is 14.2 Å². The number of methoxy groups -OCH3 is 1. The molecule has 2 saturated heterocycles. The van der Waals surface area contributed by atoms with E-state index in [9.17, 15) is 4.79 Å². The highest BCUT2D eigenvalue weighted by Crippen LogP contribution is 2.37. The number of aromatic nitrogens is 1. The zero-order valence-corrected chi connectivity index (χ0v) is 17.5. The van der Waals surface area contributed by atoms with Crippen LogP contribution in [0.1, 0.15) is 30.9 Å². The van der Waals surface area contributed by atoms with Gasteiger partial charge >= 0.3 is 0 Å². The molecule has 29 heavy (non-hydrogen) atoms. The van der Waals surface area contributed by atoms with E-state index in [1.165, 1.54) is 38.0 Å². The van der Waals surface area contributed by atoms with Crippen molar-refractivity contribution in [3.8, 4) is 16.9 Å². The predicted octanol–water partition coefficient (Wildman–Crippen LogP) is 3.04. The lowest BCUT2D eigenvalue weighted by Gasteiger charge is -2.47. The van der Waals surface area contributed by atoms with Gasteiger partial charge in [-0.15, -0.1) is 0 Å². The molecule has 0 amide bonds. The fraction of sp³-hybridized carbons (Fsp3) is 0.542. The van der Waals surface area contributed by atoms with E-state index in [1.807, 2.05) is 30.3 Å². The Kier molecular flexibility index (Phi) is 4.96. The van der Waals surface area contributed by atoms with Crippen LogP contribution in [0.15, 0.2) is 41.2 Å². The van der Waals surface area contributed by atoms with Crippen LogP contribution in [0.3, 0.4) is 0 Å². The summed E-state index contributed by atoms with van der Waals surface area (Å²) in [4.78, 5) is 18.5. The summed E-state index contributed by atoms with van der Waals surface area (Å²) >= 11 is 0. The Hall–Kier alpha value is -2.11. The van der Waals surface area contributed by atoms with Crippen molar-refractivity contribution in [3.63, 3.8) is 0 Å². The van der Waals surface area contributed by atoms with Crippen molar-refractivity contribution in [2.75, 3.05) is 40.3 Å². The van der Waals surface area contributed by atoms with Gasteiger partial charge in [0.2, 0.25) is 0 Å². The van der Waals surface area contributed by atoms with Crippen LogP contribution in [0.5, 0.6) is 5.75 Å². The van der Waals surface area contributed by atoms with Crippen molar-refractivity contribution >= 4 is 0 Å². The van der Waals surface area contributed by atoms with Crippen LogP contribution in [0, 0.1) is 5.92 Å². The molecule has 2 bridgehead atoms. The largest absolute Gasteiger partial charge is 0.497 e. The Labute approximate surface area is 172 Å². The standard InChI is InChI=1S/C24H31N3O2/c1-25-11-9-20(10-12-25)26-14-17-13-19(16-26)23-8-7-22(24(28)27(23)15-17)18-3-5-21(29-2)6-4-18/h3-8,17,19-20H,9-16H2,1-2H3/t17-,19+/m0/s1. The second-order valence-electron chi connectivity index (χ2n) is 9.10.